The molecule has 0 spiro atoms. The monoisotopic (exact) mass is 1960 g/mol. The molecule has 0 amide bonds. The van der Waals surface area contributed by atoms with E-state index in [1.807, 2.05) is 80.2 Å². The number of carbonyl (C=O) groups excluding carboxylic acids is 2. The van der Waals surface area contributed by atoms with E-state index in [9.17, 15) is 87.5 Å². The molecule has 0 aliphatic heterocycles. The number of ether oxygens (including phenoxy) is 1. The number of sulfonamides is 1. The van der Waals surface area contributed by atoms with Crippen LogP contribution < -0.4 is 93.7 Å². The Balaban J connectivity index is -0.000000315. The molecule has 642 valence electrons. The van der Waals surface area contributed by atoms with Crippen LogP contribution in [-0.4, -0.2) is 159 Å². The Kier molecular flexibility index (Phi) is 56.5. The number of carbonyl (C=O) groups is 2. The van der Waals surface area contributed by atoms with Crippen molar-refractivity contribution < 1.29 is 198 Å². The second-order valence-electron chi connectivity index (χ2n) is 24.5. The van der Waals surface area contributed by atoms with Crippen molar-refractivity contribution in [2.45, 2.75) is 144 Å². The Morgan fingerprint density at radius 1 is 0.576 bits per heavy atom. The number of para-hydroxylation sites is 4. The number of aromatic nitrogens is 4. The standard InChI is InChI=1S/C20H21F3N2O2S.C11H9F3N2O.C11H11F3N2.C9H11ClO2S.C8H7N.C5H12O.C3H3BrF3NO.C3H2BrF3O.CHCl3.CH2O3.Al.Li.2Na.5H/c1-12-8-13(2)19(14(3)9-12)28(26,27)25-18(20(21,22)23)10-15-11-24-17-7-5-4-6-16(15)17;12-11(13,14)10(16-17)5-7-6-15-9-4-2-1-3-8(7)9;12-11(13,14)10(15)5-7-6-16-9-4-2-1-3-8(7)9;1-6-4-7(2)9(8(3)5-6)13(10,11)12;1-2-4-8-7(3-1)5-6-9-8;1-5(2,3)6-4;4-1-2(8-9)3(5,6)7;4-1-2(8)3(5,6)7;2-1(3)4;2-1-4-3;;;;;;;;;/h4-9,11,18,24-25H,10H2,1-3H3;1-4,6,15,17H,5H2;1-4,6,10,16H,5,15H2;4-5H,1-3H3;1-6,9H;1-4H3;9H,1H2;1H2;1H;1,3H;;;;;;;;;/q;;;;;;;;;;;3*+1;;;;2*-1/p-1/b;16-10+;;;;;;;;;;;;;;;;;. The van der Waals surface area contributed by atoms with Gasteiger partial charge >= 0.3 is 109 Å². The second kappa shape index (κ2) is 55.7. The minimum absolute atomic E-state index is 0. The van der Waals surface area contributed by atoms with Crippen LogP contribution in [0.2, 0.25) is 0 Å². The molecule has 9 N–H and O–H groups in total. The second-order valence-corrected chi connectivity index (χ2v) is 31.8. The summed E-state index contributed by atoms with van der Waals surface area (Å²) in [7, 11) is -0.964. The number of aromatic amines is 4. The first-order valence-corrected chi connectivity index (χ1v) is 39.5. The zero-order valence-electron chi connectivity index (χ0n) is 66.6. The molecule has 6 aromatic carbocycles. The van der Waals surface area contributed by atoms with Crippen LogP contribution in [0.1, 0.15) is 73.7 Å². The number of ketones is 1. The number of H-pyrrole nitrogens is 4. The number of rotatable bonds is 13. The molecule has 4 aromatic heterocycles. The minimum atomic E-state index is -4.74. The summed E-state index contributed by atoms with van der Waals surface area (Å²) in [6.45, 7) is 16.3. The van der Waals surface area contributed by atoms with Crippen LogP contribution in [0.4, 0.5) is 65.9 Å². The van der Waals surface area contributed by atoms with Gasteiger partial charge in [0.15, 0.2) is 33.1 Å². The maximum absolute atomic E-state index is 13.7. The Labute approximate surface area is 776 Å². The number of aryl methyl sites for hydroxylation is 6. The number of nitrogens with one attached hydrogen (secondary N) is 5. The van der Waals surface area contributed by atoms with Gasteiger partial charge in [0.05, 0.1) is 26.1 Å². The van der Waals surface area contributed by atoms with Gasteiger partial charge < -0.3 is 53.8 Å². The van der Waals surface area contributed by atoms with E-state index in [1.54, 1.807) is 121 Å². The number of alkyl halides is 20. The normalized spacial score (nSPS) is 12.1. The zero-order valence-corrected chi connectivity index (χ0v) is 76.4. The van der Waals surface area contributed by atoms with Crippen molar-refractivity contribution >= 4 is 181 Å². The molecule has 0 aliphatic rings. The van der Waals surface area contributed by atoms with E-state index in [1.165, 1.54) is 23.3 Å². The van der Waals surface area contributed by atoms with Crippen molar-refractivity contribution in [3.8, 4) is 0 Å². The van der Waals surface area contributed by atoms with Crippen molar-refractivity contribution in [1.29, 1.82) is 0 Å². The number of methoxy groups -OCH3 is 1. The summed E-state index contributed by atoms with van der Waals surface area (Å²) in [4.78, 5) is 32.9. The number of nitrogens with zero attached hydrogens (tertiary/aromatic N) is 2. The van der Waals surface area contributed by atoms with E-state index in [0.29, 0.717) is 55.2 Å². The van der Waals surface area contributed by atoms with E-state index >= 15 is 0 Å². The van der Waals surface area contributed by atoms with E-state index in [2.05, 4.69) is 80.0 Å². The Morgan fingerprint density at radius 3 is 1.20 bits per heavy atom. The summed E-state index contributed by atoms with van der Waals surface area (Å²) >= 11 is 19.3. The summed E-state index contributed by atoms with van der Waals surface area (Å²) in [5.41, 5.74) is 11.7. The molecular formula is C72H83AlBr2Cl4F15LiN8Na2O11S2. The maximum Gasteiger partial charge on any atom is 1.00 e. The number of hydrogen-bond donors (Lipinski definition) is 8. The van der Waals surface area contributed by atoms with E-state index in [-0.39, 0.29) is 126 Å². The first-order chi connectivity index (χ1) is 52.5. The van der Waals surface area contributed by atoms with Gasteiger partial charge in [-0.1, -0.05) is 185 Å². The van der Waals surface area contributed by atoms with Crippen molar-refractivity contribution in [2.24, 2.45) is 16.0 Å². The smallest absolute Gasteiger partial charge is 1.00 e. The molecule has 4 heterocycles. The van der Waals surface area contributed by atoms with Gasteiger partial charge in [0.1, 0.15) is 12.1 Å². The SMILES string of the molecule is COC(C)(C)C.Cc1cc(C)c(S(=O)(=O)Cl)c(C)c1.Cc1cc(C)c(S(=O)(=O)NC(Cc2c[nH]c3ccccc23)C(F)(F)F)c(C)c1.ClC(Cl)Cl.NC(Cc1c[nH]c2ccccc12)C(F)(F)F.O/N=C(\Cc1c[nH]c2ccccc12)C(F)(F)F.O=C(CBr)C(F)(F)F.O=CO[O-].ON=C(CBr)C(F)(F)F.[AlH3].[H-].[H-].[Li+].[Na+].[Na+].c1ccc2[nH]ccc2c1. The summed E-state index contributed by atoms with van der Waals surface area (Å²) in [6.07, 6.45) is -17.6. The number of nitrogens with two attached hydrogens (primary N) is 1. The minimum Gasteiger partial charge on any atom is -1.00 e. The van der Waals surface area contributed by atoms with Crippen LogP contribution in [0.3, 0.4) is 0 Å². The van der Waals surface area contributed by atoms with Crippen molar-refractivity contribution in [1.82, 2.24) is 24.7 Å². The summed E-state index contributed by atoms with van der Waals surface area (Å²) in [5.74, 6) is -1.75. The predicted octanol–water partition coefficient (Wildman–Crippen LogP) is 10.1. The summed E-state index contributed by atoms with van der Waals surface area (Å²) < 4.78 is 237. The van der Waals surface area contributed by atoms with Crippen molar-refractivity contribution in [3.05, 3.63) is 202 Å². The van der Waals surface area contributed by atoms with Crippen LogP contribution in [0.25, 0.3) is 43.6 Å². The van der Waals surface area contributed by atoms with Gasteiger partial charge in [0.2, 0.25) is 15.8 Å². The molecule has 46 heteroatoms. The van der Waals surface area contributed by atoms with Crippen molar-refractivity contribution in [2.75, 3.05) is 17.8 Å². The first-order valence-electron chi connectivity index (χ1n) is 32.2. The van der Waals surface area contributed by atoms with Crippen LogP contribution >= 0.6 is 77.3 Å². The quantitative estimate of drug-likeness (QED) is 0.00615. The molecule has 10 rings (SSSR count). The molecule has 0 saturated carbocycles. The van der Waals surface area contributed by atoms with E-state index in [0.717, 1.165) is 27.5 Å². The third-order valence-corrected chi connectivity index (χ3v) is 19.1. The maximum atomic E-state index is 13.7. The Hall–Kier alpha value is -4.50. The van der Waals surface area contributed by atoms with Gasteiger partial charge in [-0.05, 0) is 150 Å². The summed E-state index contributed by atoms with van der Waals surface area (Å²) in [5, 5.41) is 31.1. The van der Waals surface area contributed by atoms with Crippen LogP contribution in [0.5, 0.6) is 0 Å². The average Bonchev–Trinajstić information content (AvgIpc) is 1.29. The third-order valence-electron chi connectivity index (χ3n) is 14.7. The fourth-order valence-corrected chi connectivity index (χ4v) is 13.7. The number of benzene rings is 6. The van der Waals surface area contributed by atoms with Crippen molar-refractivity contribution in [3.63, 3.8) is 0 Å². The van der Waals surface area contributed by atoms with Crippen LogP contribution in [-0.2, 0) is 57.6 Å². The number of hydrogen-bond acceptors (Lipinski definition) is 14. The van der Waals surface area contributed by atoms with Gasteiger partial charge in [0, 0.05) is 87.2 Å². The molecule has 118 heavy (non-hydrogen) atoms. The number of Topliss-reactive ketones (excluding diaryl/α,β-unsaturated/α-hetero) is 1. The number of halogens is 21. The van der Waals surface area contributed by atoms with Crippen LogP contribution in [0.15, 0.2) is 172 Å². The van der Waals surface area contributed by atoms with Gasteiger partial charge in [-0.2, -0.15) is 70.6 Å². The number of fused-ring (bicyclic) bond motifs is 4. The average molecular weight is 1970 g/mol. The number of oxime groups is 2. The Morgan fingerprint density at radius 2 is 0.915 bits per heavy atom. The zero-order chi connectivity index (χ0) is 87.7. The van der Waals surface area contributed by atoms with Gasteiger partial charge in [-0.15, -0.1) is 0 Å². The molecule has 0 radical (unpaired) electrons. The third kappa shape index (κ3) is 44.2. The molecule has 2 unspecified atom stereocenters. The topological polar surface area (TPSA) is 310 Å². The van der Waals surface area contributed by atoms with Gasteiger partial charge in [0.25, 0.3) is 15.5 Å². The molecule has 10 aromatic rings. The molecule has 0 saturated heterocycles. The fourth-order valence-electron chi connectivity index (χ4n) is 9.67. The van der Waals surface area contributed by atoms with Gasteiger partial charge in [-0.25, -0.2) is 16.8 Å². The summed E-state index contributed by atoms with van der Waals surface area (Å²) in [6, 6.07) is 34.3. The predicted molar refractivity (Wildman–Crippen MR) is 429 cm³/mol. The Bertz CT molecular complexity index is 4900. The molecule has 2 atom stereocenters. The van der Waals surface area contributed by atoms with E-state index in [4.69, 9.17) is 76.4 Å². The van der Waals surface area contributed by atoms with Crippen LogP contribution in [0, 0.1) is 41.5 Å². The molecular weight excluding hydrogens is 1880 g/mol. The molecule has 0 bridgehead atoms. The molecule has 0 fully saturated rings. The molecule has 0 aliphatic carbocycles. The fraction of sp³-hybridized carbons (Fsp3) is 0.333. The first kappa shape index (κ1) is 120. The molecule has 19 nitrogen and oxygen atoms in total. The van der Waals surface area contributed by atoms with Gasteiger partial charge in [-0.3, -0.25) is 9.59 Å². The van der Waals surface area contributed by atoms with E-state index < -0.39 is 107 Å². The largest absolute Gasteiger partial charge is 1.00 e.